The molecule has 6 nitrogen and oxygen atoms in total. The topological polar surface area (TPSA) is 94.0 Å². The first-order valence-corrected chi connectivity index (χ1v) is 8.99. The molecule has 146 valence electrons. The molecule has 0 fully saturated rings. The first kappa shape index (κ1) is 20.2. The van der Waals surface area contributed by atoms with Gasteiger partial charge in [0.2, 0.25) is 11.7 Å². The molecule has 0 bridgehead atoms. The fourth-order valence-electron chi connectivity index (χ4n) is 2.35. The van der Waals surface area contributed by atoms with Crippen LogP contribution >= 0.6 is 23.5 Å². The largest absolute Gasteiger partial charge is 0.471 e. The van der Waals surface area contributed by atoms with Gasteiger partial charge in [0.15, 0.2) is 0 Å². The van der Waals surface area contributed by atoms with Crippen LogP contribution in [0, 0.1) is 0 Å². The molecule has 0 radical (unpaired) electrons. The Hall–Kier alpha value is -2.56. The van der Waals surface area contributed by atoms with Crippen molar-refractivity contribution in [3.05, 3.63) is 58.9 Å². The number of carbonyl (C=O) groups is 1. The van der Waals surface area contributed by atoms with Crippen LogP contribution in [0.3, 0.4) is 0 Å². The molecule has 3 rings (SSSR count). The summed E-state index contributed by atoms with van der Waals surface area (Å²) in [5.74, 6) is -2.02. The fraction of sp³-hybridized carbons (Fsp3) is 0.118. The summed E-state index contributed by atoms with van der Waals surface area (Å²) in [6.45, 7) is 0. The van der Waals surface area contributed by atoms with Crippen LogP contribution in [0.4, 0.5) is 18.9 Å². The van der Waals surface area contributed by atoms with Crippen molar-refractivity contribution in [3.8, 4) is 11.4 Å². The molecular formula is C17H12ClF3N4O2S. The van der Waals surface area contributed by atoms with E-state index in [1.54, 1.807) is 24.3 Å². The average Bonchev–Trinajstić information content (AvgIpc) is 3.14. The number of halogens is 4. The molecule has 3 aromatic rings. The van der Waals surface area contributed by atoms with Gasteiger partial charge < -0.3 is 9.84 Å². The zero-order valence-electron chi connectivity index (χ0n) is 14.0. The second-order valence-electron chi connectivity index (χ2n) is 5.57. The lowest BCUT2D eigenvalue weighted by Crippen LogP contribution is -2.14. The quantitative estimate of drug-likeness (QED) is 0.579. The summed E-state index contributed by atoms with van der Waals surface area (Å²) in [4.78, 5) is 15.9. The number of nitrogens with one attached hydrogen (secondary N) is 1. The van der Waals surface area contributed by atoms with Gasteiger partial charge in [0, 0.05) is 21.2 Å². The number of amides is 1. The van der Waals surface area contributed by atoms with Crippen LogP contribution in [0.25, 0.3) is 11.4 Å². The average molecular weight is 429 g/mol. The number of rotatable bonds is 5. The second kappa shape index (κ2) is 8.21. The predicted molar refractivity (Wildman–Crippen MR) is 98.6 cm³/mol. The Kier molecular flexibility index (Phi) is 5.92. The molecule has 1 amide bonds. The van der Waals surface area contributed by atoms with Crippen LogP contribution in [0.1, 0.15) is 11.5 Å². The maximum Gasteiger partial charge on any atom is 0.471 e. The molecule has 0 spiro atoms. The molecule has 0 unspecified atom stereocenters. The molecule has 0 saturated heterocycles. The number of hydrogen-bond acceptors (Lipinski definition) is 6. The van der Waals surface area contributed by atoms with E-state index in [0.29, 0.717) is 21.2 Å². The van der Waals surface area contributed by atoms with Gasteiger partial charge in [-0.15, -0.1) is 0 Å². The number of hydrogen-bond donors (Lipinski definition) is 2. The third kappa shape index (κ3) is 4.64. The van der Waals surface area contributed by atoms with E-state index in [2.05, 4.69) is 20.0 Å². The van der Waals surface area contributed by atoms with E-state index in [-0.39, 0.29) is 23.7 Å². The van der Waals surface area contributed by atoms with Crippen molar-refractivity contribution >= 4 is 35.1 Å². The number of carbonyl (C=O) groups excluding carboxylic acids is 1. The summed E-state index contributed by atoms with van der Waals surface area (Å²) in [6.07, 6.45) is -4.68. The van der Waals surface area contributed by atoms with Crippen LogP contribution in [0.15, 0.2) is 51.9 Å². The molecule has 0 aliphatic rings. The van der Waals surface area contributed by atoms with Crippen LogP contribution in [0.5, 0.6) is 0 Å². The van der Waals surface area contributed by atoms with E-state index in [4.69, 9.17) is 16.7 Å². The highest BCUT2D eigenvalue weighted by molar-refractivity contribution is 7.97. The van der Waals surface area contributed by atoms with Crippen molar-refractivity contribution in [1.82, 2.24) is 10.1 Å². The van der Waals surface area contributed by atoms with Crippen LogP contribution < -0.4 is 10.5 Å². The first-order chi connectivity index (χ1) is 13.3. The molecule has 2 aromatic carbocycles. The number of nitrogens with two attached hydrogens (primary N) is 1. The smallest absolute Gasteiger partial charge is 0.329 e. The fourth-order valence-corrected chi connectivity index (χ4v) is 3.03. The van der Waals surface area contributed by atoms with E-state index >= 15 is 0 Å². The summed E-state index contributed by atoms with van der Waals surface area (Å²) < 4.78 is 42.1. The third-order valence-corrected chi connectivity index (χ3v) is 4.57. The number of benzene rings is 2. The van der Waals surface area contributed by atoms with E-state index in [0.717, 1.165) is 11.9 Å². The van der Waals surface area contributed by atoms with Crippen LogP contribution in [-0.4, -0.2) is 16.0 Å². The highest BCUT2D eigenvalue weighted by atomic mass is 35.5. The Morgan fingerprint density at radius 3 is 2.64 bits per heavy atom. The van der Waals surface area contributed by atoms with Gasteiger partial charge in [0.25, 0.3) is 0 Å². The number of anilines is 1. The van der Waals surface area contributed by atoms with Gasteiger partial charge in [-0.05, 0) is 41.8 Å². The molecule has 0 atom stereocenters. The number of aromatic nitrogens is 2. The minimum absolute atomic E-state index is 0.0618. The zero-order valence-corrected chi connectivity index (χ0v) is 15.5. The second-order valence-corrected chi connectivity index (χ2v) is 6.65. The Labute approximate surface area is 166 Å². The maximum absolute atomic E-state index is 12.6. The van der Waals surface area contributed by atoms with E-state index in [1.165, 1.54) is 18.2 Å². The molecule has 0 saturated carbocycles. The molecule has 3 N–H and O–H groups in total. The van der Waals surface area contributed by atoms with E-state index in [9.17, 15) is 18.0 Å². The summed E-state index contributed by atoms with van der Waals surface area (Å²) in [6, 6.07) is 11.4. The summed E-state index contributed by atoms with van der Waals surface area (Å²) in [5.41, 5.74) is 1.32. The highest BCUT2D eigenvalue weighted by Gasteiger charge is 2.38. The SMILES string of the molecule is NSc1cc(NC(=O)Cc2ccccc2Cl)ccc1-c1noc(C(F)(F)F)n1. The predicted octanol–water partition coefficient (Wildman–Crippen LogP) is 4.56. The zero-order chi connectivity index (χ0) is 20.3. The van der Waals surface area contributed by atoms with Crippen LogP contribution in [-0.2, 0) is 17.4 Å². The molecular weight excluding hydrogens is 417 g/mol. The molecule has 1 aromatic heterocycles. The Balaban J connectivity index is 1.78. The molecule has 0 aliphatic carbocycles. The Morgan fingerprint density at radius 2 is 2.00 bits per heavy atom. The van der Waals surface area contributed by atoms with Crippen molar-refractivity contribution < 1.29 is 22.5 Å². The van der Waals surface area contributed by atoms with E-state index < -0.39 is 12.1 Å². The van der Waals surface area contributed by atoms with Crippen molar-refractivity contribution in [3.63, 3.8) is 0 Å². The van der Waals surface area contributed by atoms with Crippen molar-refractivity contribution in [1.29, 1.82) is 0 Å². The Morgan fingerprint density at radius 1 is 1.25 bits per heavy atom. The lowest BCUT2D eigenvalue weighted by atomic mass is 10.1. The van der Waals surface area contributed by atoms with Crippen molar-refractivity contribution in [2.75, 3.05) is 5.32 Å². The minimum atomic E-state index is -4.74. The van der Waals surface area contributed by atoms with Gasteiger partial charge in [0.1, 0.15) is 0 Å². The van der Waals surface area contributed by atoms with Crippen LogP contribution in [0.2, 0.25) is 5.02 Å². The molecule has 0 aliphatic heterocycles. The number of nitrogens with zero attached hydrogens (tertiary/aromatic N) is 2. The Bertz CT molecular complexity index is 1010. The van der Waals surface area contributed by atoms with Gasteiger partial charge >= 0.3 is 12.1 Å². The summed E-state index contributed by atoms with van der Waals surface area (Å²) >= 11 is 6.82. The summed E-state index contributed by atoms with van der Waals surface area (Å²) in [5, 5.41) is 12.1. The van der Waals surface area contributed by atoms with E-state index in [1.807, 2.05) is 0 Å². The lowest BCUT2D eigenvalue weighted by molar-refractivity contribution is -0.159. The van der Waals surface area contributed by atoms with Gasteiger partial charge in [-0.3, -0.25) is 9.93 Å². The molecule has 11 heteroatoms. The normalized spacial score (nSPS) is 11.5. The maximum atomic E-state index is 12.6. The minimum Gasteiger partial charge on any atom is -0.329 e. The monoisotopic (exact) mass is 428 g/mol. The molecule has 1 heterocycles. The third-order valence-electron chi connectivity index (χ3n) is 3.61. The van der Waals surface area contributed by atoms with Gasteiger partial charge in [-0.1, -0.05) is 35.0 Å². The standard InChI is InChI=1S/C17H12ClF3N4O2S/c18-12-4-2-1-3-9(12)7-14(26)23-10-5-6-11(13(8-10)28-22)15-24-16(27-25-15)17(19,20)21/h1-6,8H,7,22H2,(H,23,26). The first-order valence-electron chi connectivity index (χ1n) is 7.73. The lowest BCUT2D eigenvalue weighted by Gasteiger charge is -2.09. The van der Waals surface area contributed by atoms with Crippen molar-refractivity contribution in [2.45, 2.75) is 17.5 Å². The highest BCUT2D eigenvalue weighted by Crippen LogP contribution is 2.33. The van der Waals surface area contributed by atoms with Gasteiger partial charge in [-0.2, -0.15) is 18.2 Å². The van der Waals surface area contributed by atoms with Gasteiger partial charge in [0.05, 0.1) is 6.42 Å². The van der Waals surface area contributed by atoms with Gasteiger partial charge in [-0.25, -0.2) is 0 Å². The summed E-state index contributed by atoms with van der Waals surface area (Å²) in [7, 11) is 0. The number of alkyl halides is 3. The van der Waals surface area contributed by atoms with Crippen molar-refractivity contribution in [2.24, 2.45) is 5.14 Å². The molecule has 28 heavy (non-hydrogen) atoms.